The predicted octanol–water partition coefficient (Wildman–Crippen LogP) is 5.41. The molecule has 100 valence electrons. The zero-order valence-corrected chi connectivity index (χ0v) is 12.7. The summed E-state index contributed by atoms with van der Waals surface area (Å²) in [7, 11) is 2.09. The number of benzene rings is 1. The van der Waals surface area contributed by atoms with E-state index >= 15 is 0 Å². The van der Waals surface area contributed by atoms with E-state index in [4.69, 9.17) is 0 Å². The van der Waals surface area contributed by atoms with E-state index in [2.05, 4.69) is 69.1 Å². The van der Waals surface area contributed by atoms with E-state index in [1.807, 2.05) is 19.9 Å². The van der Waals surface area contributed by atoms with Crippen molar-refractivity contribution in [3.8, 4) is 0 Å². The molecule has 0 aliphatic heterocycles. The highest BCUT2D eigenvalue weighted by atomic mass is 15.1. The van der Waals surface area contributed by atoms with Crippen LogP contribution in [0.3, 0.4) is 0 Å². The summed E-state index contributed by atoms with van der Waals surface area (Å²) in [5, 5.41) is 0. The summed E-state index contributed by atoms with van der Waals surface area (Å²) in [5.41, 5.74) is 3.87. The molecule has 1 nitrogen and oxygen atoms in total. The van der Waals surface area contributed by atoms with Crippen LogP contribution in [0.5, 0.6) is 0 Å². The number of hydrogen-bond acceptors (Lipinski definition) is 1. The first kappa shape index (κ1) is 16.5. The Morgan fingerprint density at radius 2 is 1.61 bits per heavy atom. The third-order valence-corrected chi connectivity index (χ3v) is 2.84. The summed E-state index contributed by atoms with van der Waals surface area (Å²) < 4.78 is 0. The van der Waals surface area contributed by atoms with Gasteiger partial charge < -0.3 is 4.90 Å². The van der Waals surface area contributed by atoms with Gasteiger partial charge in [-0.1, -0.05) is 50.6 Å². The first-order valence-electron chi connectivity index (χ1n) is 6.78. The third kappa shape index (κ3) is 5.72. The molecule has 0 bridgehead atoms. The highest BCUT2D eigenvalue weighted by molar-refractivity contribution is 5.50. The van der Waals surface area contributed by atoms with E-state index in [0.29, 0.717) is 0 Å². The van der Waals surface area contributed by atoms with Crippen LogP contribution in [0.1, 0.15) is 41.0 Å². The van der Waals surface area contributed by atoms with Crippen LogP contribution in [0, 0.1) is 0 Å². The maximum atomic E-state index is 2.19. The Bertz CT molecular complexity index is 374. The Labute approximate surface area is 113 Å². The molecule has 1 aromatic carbocycles. The molecule has 0 unspecified atom stereocenters. The van der Waals surface area contributed by atoms with Crippen LogP contribution >= 0.6 is 0 Å². The summed E-state index contributed by atoms with van der Waals surface area (Å²) >= 11 is 0. The topological polar surface area (TPSA) is 3.24 Å². The van der Waals surface area contributed by atoms with Gasteiger partial charge in [0.25, 0.3) is 0 Å². The van der Waals surface area contributed by atoms with Crippen molar-refractivity contribution in [1.82, 2.24) is 0 Å². The second-order valence-corrected chi connectivity index (χ2v) is 4.07. The Kier molecular flexibility index (Phi) is 8.73. The smallest absolute Gasteiger partial charge is 0.0405 e. The fourth-order valence-electron chi connectivity index (χ4n) is 1.35. The first-order chi connectivity index (χ1) is 8.65. The zero-order chi connectivity index (χ0) is 14.0. The number of hydrogen-bond donors (Lipinski definition) is 0. The van der Waals surface area contributed by atoms with E-state index in [9.17, 15) is 0 Å². The molecule has 0 saturated carbocycles. The zero-order valence-electron chi connectivity index (χ0n) is 12.7. The van der Waals surface area contributed by atoms with Gasteiger partial charge in [0.15, 0.2) is 0 Å². The fourth-order valence-corrected chi connectivity index (χ4v) is 1.35. The maximum Gasteiger partial charge on any atom is 0.0405 e. The number of allylic oxidation sites excluding steroid dienone is 4. The molecule has 0 atom stereocenters. The number of anilines is 1. The van der Waals surface area contributed by atoms with Crippen molar-refractivity contribution in [1.29, 1.82) is 0 Å². The first-order valence-corrected chi connectivity index (χ1v) is 6.78. The van der Waals surface area contributed by atoms with Crippen molar-refractivity contribution in [2.45, 2.75) is 41.0 Å². The molecule has 0 amide bonds. The molecule has 1 heteroatoms. The molecule has 1 rings (SSSR count). The van der Waals surface area contributed by atoms with Gasteiger partial charge in [-0.2, -0.15) is 0 Å². The van der Waals surface area contributed by atoms with E-state index in [1.54, 1.807) is 0 Å². The highest BCUT2D eigenvalue weighted by Gasteiger charge is 1.99. The largest absolute Gasteiger partial charge is 0.348 e. The lowest BCUT2D eigenvalue weighted by molar-refractivity contribution is 1.08. The van der Waals surface area contributed by atoms with Gasteiger partial charge in [0.2, 0.25) is 0 Å². The lowest BCUT2D eigenvalue weighted by atomic mass is 10.2. The van der Waals surface area contributed by atoms with E-state index < -0.39 is 0 Å². The van der Waals surface area contributed by atoms with Gasteiger partial charge in [0, 0.05) is 18.4 Å². The predicted molar refractivity (Wildman–Crippen MR) is 84.0 cm³/mol. The van der Waals surface area contributed by atoms with Crippen LogP contribution in [0.4, 0.5) is 5.69 Å². The van der Waals surface area contributed by atoms with Crippen molar-refractivity contribution in [3.63, 3.8) is 0 Å². The Morgan fingerprint density at radius 1 is 1.06 bits per heavy atom. The van der Waals surface area contributed by atoms with E-state index in [0.717, 1.165) is 6.42 Å². The second kappa shape index (κ2) is 9.52. The quantitative estimate of drug-likeness (QED) is 0.641. The molecule has 0 heterocycles. The number of nitrogens with zero attached hydrogens (tertiary/aromatic N) is 1. The van der Waals surface area contributed by atoms with Gasteiger partial charge >= 0.3 is 0 Å². The van der Waals surface area contributed by atoms with Crippen molar-refractivity contribution in [2.24, 2.45) is 0 Å². The van der Waals surface area contributed by atoms with Crippen molar-refractivity contribution < 1.29 is 0 Å². The van der Waals surface area contributed by atoms with Gasteiger partial charge in [-0.3, -0.25) is 0 Å². The average Bonchev–Trinajstić information content (AvgIpc) is 2.46. The molecule has 0 radical (unpaired) electrons. The highest BCUT2D eigenvalue weighted by Crippen LogP contribution is 2.16. The van der Waals surface area contributed by atoms with Gasteiger partial charge in [0.1, 0.15) is 0 Å². The monoisotopic (exact) mass is 245 g/mol. The molecular weight excluding hydrogens is 218 g/mol. The summed E-state index contributed by atoms with van der Waals surface area (Å²) in [6, 6.07) is 10.4. The number of rotatable bonds is 4. The van der Waals surface area contributed by atoms with E-state index in [-0.39, 0.29) is 0 Å². The number of para-hydroxylation sites is 1. The Hall–Kier alpha value is -1.50. The Morgan fingerprint density at radius 3 is 2.11 bits per heavy atom. The van der Waals surface area contributed by atoms with Crippen LogP contribution in [-0.4, -0.2) is 7.05 Å². The van der Waals surface area contributed by atoms with Gasteiger partial charge in [-0.15, -0.1) is 0 Å². The van der Waals surface area contributed by atoms with Crippen LogP contribution in [0.15, 0.2) is 53.8 Å². The molecule has 0 fully saturated rings. The van der Waals surface area contributed by atoms with Crippen molar-refractivity contribution in [3.05, 3.63) is 53.8 Å². The molecule has 0 aliphatic carbocycles. The molecular formula is C17H27N. The molecule has 1 aromatic rings. The van der Waals surface area contributed by atoms with Gasteiger partial charge in [-0.25, -0.2) is 0 Å². The molecule has 18 heavy (non-hydrogen) atoms. The lowest BCUT2D eigenvalue weighted by Gasteiger charge is -2.19. The van der Waals surface area contributed by atoms with Crippen LogP contribution in [0.2, 0.25) is 0 Å². The molecule has 0 saturated heterocycles. The van der Waals surface area contributed by atoms with Gasteiger partial charge in [0.05, 0.1) is 0 Å². The second-order valence-electron chi connectivity index (χ2n) is 4.07. The molecule has 0 aromatic heterocycles. The Balaban J connectivity index is 0.00000137. The van der Waals surface area contributed by atoms with Crippen molar-refractivity contribution >= 4 is 5.69 Å². The molecule has 0 aliphatic rings. The maximum absolute atomic E-state index is 2.19. The SMILES string of the molecule is CC.CC/C(C)=C\C=C(\C)N(C)c1ccccc1. The minimum atomic E-state index is 1.11. The van der Waals surface area contributed by atoms with Crippen molar-refractivity contribution in [2.75, 3.05) is 11.9 Å². The normalized spacial score (nSPS) is 11.7. The van der Waals surface area contributed by atoms with Crippen LogP contribution in [-0.2, 0) is 0 Å². The summed E-state index contributed by atoms with van der Waals surface area (Å²) in [6.07, 6.45) is 5.47. The third-order valence-electron chi connectivity index (χ3n) is 2.84. The summed E-state index contributed by atoms with van der Waals surface area (Å²) in [4.78, 5) is 2.19. The lowest BCUT2D eigenvalue weighted by Crippen LogP contribution is -2.13. The van der Waals surface area contributed by atoms with Crippen LogP contribution < -0.4 is 4.90 Å². The molecule has 0 N–H and O–H groups in total. The molecule has 0 spiro atoms. The van der Waals surface area contributed by atoms with E-state index in [1.165, 1.54) is 17.0 Å². The summed E-state index contributed by atoms with van der Waals surface area (Å²) in [6.45, 7) is 10.5. The summed E-state index contributed by atoms with van der Waals surface area (Å²) in [5.74, 6) is 0. The fraction of sp³-hybridized carbons (Fsp3) is 0.412. The minimum Gasteiger partial charge on any atom is -0.348 e. The minimum absolute atomic E-state index is 1.11. The average molecular weight is 245 g/mol. The standard InChI is InChI=1S/C15H21N.C2H6/c1-5-13(2)11-12-14(3)16(4)15-9-7-6-8-10-15;1-2/h6-12H,5H2,1-4H3;1-2H3/b13-11-,14-12-;. The van der Waals surface area contributed by atoms with Crippen LogP contribution in [0.25, 0.3) is 0 Å². The van der Waals surface area contributed by atoms with Gasteiger partial charge in [-0.05, 0) is 38.5 Å².